The molecular formula is C15H26N2S. The molecule has 1 heterocycles. The predicted octanol–water partition coefficient (Wildman–Crippen LogP) is 3.13. The molecule has 1 saturated carbocycles. The second-order valence-corrected chi connectivity index (χ2v) is 6.59. The summed E-state index contributed by atoms with van der Waals surface area (Å²) < 4.78 is 0. The minimum absolute atomic E-state index is 0.270. The number of nitrogens with two attached hydrogens (primary N) is 1. The summed E-state index contributed by atoms with van der Waals surface area (Å²) in [5.41, 5.74) is 6.42. The Morgan fingerprint density at radius 1 is 1.56 bits per heavy atom. The summed E-state index contributed by atoms with van der Waals surface area (Å²) in [5.74, 6) is 0.788. The van der Waals surface area contributed by atoms with Gasteiger partial charge in [-0.3, -0.25) is 4.90 Å². The maximum atomic E-state index is 6.15. The van der Waals surface area contributed by atoms with Crippen molar-refractivity contribution in [1.29, 1.82) is 0 Å². The van der Waals surface area contributed by atoms with Crippen LogP contribution in [0.25, 0.3) is 0 Å². The van der Waals surface area contributed by atoms with Gasteiger partial charge in [0.25, 0.3) is 0 Å². The zero-order valence-electron chi connectivity index (χ0n) is 11.7. The molecule has 1 fully saturated rings. The summed E-state index contributed by atoms with van der Waals surface area (Å²) >= 11 is 1.86. The van der Waals surface area contributed by atoms with Crippen LogP contribution < -0.4 is 5.73 Å². The van der Waals surface area contributed by atoms with Gasteiger partial charge in [-0.15, -0.1) is 11.3 Å². The van der Waals surface area contributed by atoms with Gasteiger partial charge in [0.15, 0.2) is 0 Å². The van der Waals surface area contributed by atoms with Crippen LogP contribution in [0.15, 0.2) is 17.5 Å². The van der Waals surface area contributed by atoms with Gasteiger partial charge in [-0.25, -0.2) is 0 Å². The first-order valence-corrected chi connectivity index (χ1v) is 8.04. The van der Waals surface area contributed by atoms with Crippen molar-refractivity contribution in [3.8, 4) is 0 Å². The molecule has 1 aliphatic rings. The highest BCUT2D eigenvalue weighted by atomic mass is 32.1. The van der Waals surface area contributed by atoms with Crippen LogP contribution in [-0.4, -0.2) is 30.6 Å². The van der Waals surface area contributed by atoms with Crippen molar-refractivity contribution < 1.29 is 0 Å². The van der Waals surface area contributed by atoms with E-state index in [1.807, 2.05) is 11.3 Å². The fourth-order valence-electron chi connectivity index (χ4n) is 3.59. The van der Waals surface area contributed by atoms with Gasteiger partial charge < -0.3 is 5.73 Å². The standard InChI is InChI=1S/C15H26N2S/c1-3-13-6-4-9-15(13,12-16)17(2)10-8-14-7-5-11-18-14/h5,7,11,13H,3-4,6,8-10,12,16H2,1-2H3. The number of rotatable bonds is 6. The van der Waals surface area contributed by atoms with Gasteiger partial charge in [-0.2, -0.15) is 0 Å². The van der Waals surface area contributed by atoms with Crippen LogP contribution in [-0.2, 0) is 6.42 Å². The first kappa shape index (κ1) is 14.0. The zero-order valence-corrected chi connectivity index (χ0v) is 12.5. The van der Waals surface area contributed by atoms with E-state index >= 15 is 0 Å². The summed E-state index contributed by atoms with van der Waals surface area (Å²) in [7, 11) is 2.27. The van der Waals surface area contributed by atoms with Crippen molar-refractivity contribution in [2.45, 2.75) is 44.6 Å². The first-order valence-electron chi connectivity index (χ1n) is 7.16. The Bertz CT molecular complexity index is 349. The molecule has 2 atom stereocenters. The molecular weight excluding hydrogens is 240 g/mol. The van der Waals surface area contributed by atoms with Gasteiger partial charge in [-0.05, 0) is 43.7 Å². The molecule has 18 heavy (non-hydrogen) atoms. The zero-order chi connectivity index (χ0) is 13.0. The normalized spacial score (nSPS) is 28.1. The summed E-state index contributed by atoms with van der Waals surface area (Å²) in [4.78, 5) is 4.04. The molecule has 0 aromatic carbocycles. The smallest absolute Gasteiger partial charge is 0.0356 e. The third-order valence-electron chi connectivity index (χ3n) is 4.80. The first-order chi connectivity index (χ1) is 8.73. The fourth-order valence-corrected chi connectivity index (χ4v) is 4.29. The Hall–Kier alpha value is -0.380. The van der Waals surface area contributed by atoms with Crippen LogP contribution in [0.5, 0.6) is 0 Å². The molecule has 2 unspecified atom stereocenters. The van der Waals surface area contributed by atoms with Crippen molar-refractivity contribution in [1.82, 2.24) is 4.90 Å². The number of nitrogens with zero attached hydrogens (tertiary/aromatic N) is 1. The highest BCUT2D eigenvalue weighted by molar-refractivity contribution is 7.09. The number of thiophene rings is 1. The Kier molecular flexibility index (Phi) is 4.82. The molecule has 0 bridgehead atoms. The quantitative estimate of drug-likeness (QED) is 0.857. The molecule has 2 N–H and O–H groups in total. The van der Waals surface area contributed by atoms with Crippen LogP contribution in [0.4, 0.5) is 0 Å². The van der Waals surface area contributed by atoms with E-state index in [9.17, 15) is 0 Å². The van der Waals surface area contributed by atoms with Crippen molar-refractivity contribution in [3.05, 3.63) is 22.4 Å². The molecule has 0 saturated heterocycles. The maximum Gasteiger partial charge on any atom is 0.0356 e. The van der Waals surface area contributed by atoms with Gasteiger partial charge in [0, 0.05) is 23.5 Å². The van der Waals surface area contributed by atoms with Gasteiger partial charge in [0.2, 0.25) is 0 Å². The third-order valence-corrected chi connectivity index (χ3v) is 5.74. The molecule has 0 spiro atoms. The lowest BCUT2D eigenvalue weighted by atomic mass is 9.83. The van der Waals surface area contributed by atoms with Gasteiger partial charge in [-0.1, -0.05) is 25.8 Å². The van der Waals surface area contributed by atoms with E-state index in [2.05, 4.69) is 36.4 Å². The van der Waals surface area contributed by atoms with Crippen LogP contribution >= 0.6 is 11.3 Å². The van der Waals surface area contributed by atoms with E-state index in [-0.39, 0.29) is 5.54 Å². The molecule has 0 amide bonds. The predicted molar refractivity (Wildman–Crippen MR) is 80.1 cm³/mol. The Morgan fingerprint density at radius 2 is 2.39 bits per heavy atom. The lowest BCUT2D eigenvalue weighted by Crippen LogP contribution is -2.55. The van der Waals surface area contributed by atoms with Crippen LogP contribution in [0, 0.1) is 5.92 Å². The largest absolute Gasteiger partial charge is 0.329 e. The van der Waals surface area contributed by atoms with E-state index in [0.29, 0.717) is 0 Å². The SMILES string of the molecule is CCC1CCCC1(CN)N(C)CCc1cccs1. The topological polar surface area (TPSA) is 29.3 Å². The lowest BCUT2D eigenvalue weighted by molar-refractivity contribution is 0.0831. The molecule has 3 heteroatoms. The molecule has 1 aromatic heterocycles. The summed E-state index contributed by atoms with van der Waals surface area (Å²) in [6.07, 6.45) is 6.41. The van der Waals surface area contributed by atoms with Crippen molar-refractivity contribution >= 4 is 11.3 Å². The second kappa shape index (κ2) is 6.18. The Morgan fingerprint density at radius 3 is 3.00 bits per heavy atom. The number of hydrogen-bond acceptors (Lipinski definition) is 3. The van der Waals surface area contributed by atoms with E-state index in [1.165, 1.54) is 30.6 Å². The number of hydrogen-bond donors (Lipinski definition) is 1. The number of likely N-dealkylation sites (N-methyl/N-ethyl adjacent to an activating group) is 1. The van der Waals surface area contributed by atoms with Gasteiger partial charge >= 0.3 is 0 Å². The van der Waals surface area contributed by atoms with Gasteiger partial charge in [0.05, 0.1) is 0 Å². The monoisotopic (exact) mass is 266 g/mol. The molecule has 1 aliphatic carbocycles. The third kappa shape index (κ3) is 2.63. The highest BCUT2D eigenvalue weighted by Gasteiger charge is 2.43. The van der Waals surface area contributed by atoms with Crippen LogP contribution in [0.3, 0.4) is 0 Å². The second-order valence-electron chi connectivity index (χ2n) is 5.56. The Balaban J connectivity index is 1.98. The van der Waals surface area contributed by atoms with Crippen molar-refractivity contribution in [2.24, 2.45) is 11.7 Å². The average Bonchev–Trinajstić information content (AvgIpc) is 3.04. The minimum atomic E-state index is 0.270. The van der Waals surface area contributed by atoms with E-state index < -0.39 is 0 Å². The average molecular weight is 266 g/mol. The maximum absolute atomic E-state index is 6.15. The van der Waals surface area contributed by atoms with E-state index in [4.69, 9.17) is 5.73 Å². The molecule has 1 aromatic rings. The van der Waals surface area contributed by atoms with Gasteiger partial charge in [0.1, 0.15) is 0 Å². The highest BCUT2D eigenvalue weighted by Crippen LogP contribution is 2.41. The summed E-state index contributed by atoms with van der Waals surface area (Å²) in [5, 5.41) is 2.17. The molecule has 0 aliphatic heterocycles. The summed E-state index contributed by atoms with van der Waals surface area (Å²) in [6.45, 7) is 4.26. The molecule has 2 rings (SSSR count). The lowest BCUT2D eigenvalue weighted by Gasteiger charge is -2.43. The van der Waals surface area contributed by atoms with Crippen LogP contribution in [0.1, 0.15) is 37.5 Å². The fraction of sp³-hybridized carbons (Fsp3) is 0.733. The van der Waals surface area contributed by atoms with Crippen LogP contribution in [0.2, 0.25) is 0 Å². The van der Waals surface area contributed by atoms with Crippen molar-refractivity contribution in [3.63, 3.8) is 0 Å². The minimum Gasteiger partial charge on any atom is -0.329 e. The van der Waals surface area contributed by atoms with Crippen molar-refractivity contribution in [2.75, 3.05) is 20.1 Å². The van der Waals surface area contributed by atoms with E-state index in [1.54, 1.807) is 0 Å². The molecule has 2 nitrogen and oxygen atoms in total. The molecule has 0 radical (unpaired) electrons. The molecule has 102 valence electrons. The van der Waals surface area contributed by atoms with E-state index in [0.717, 1.165) is 25.4 Å². The summed E-state index contributed by atoms with van der Waals surface area (Å²) in [6, 6.07) is 4.38. The Labute approximate surface area is 115 Å².